The van der Waals surface area contributed by atoms with Gasteiger partial charge >= 0.3 is 7.60 Å². The van der Waals surface area contributed by atoms with Gasteiger partial charge in [0.1, 0.15) is 5.82 Å². The van der Waals surface area contributed by atoms with Crippen molar-refractivity contribution in [2.24, 2.45) is 0 Å². The van der Waals surface area contributed by atoms with E-state index < -0.39 is 7.60 Å². The van der Waals surface area contributed by atoms with E-state index in [9.17, 15) is 9.36 Å². The van der Waals surface area contributed by atoms with Gasteiger partial charge in [0.2, 0.25) is 0 Å². The van der Waals surface area contributed by atoms with Gasteiger partial charge in [-0.3, -0.25) is 9.36 Å². The molecule has 1 saturated carbocycles. The third-order valence-electron chi connectivity index (χ3n) is 7.28. The number of aromatic nitrogens is 1. The van der Waals surface area contributed by atoms with Gasteiger partial charge in [0.15, 0.2) is 5.43 Å². The van der Waals surface area contributed by atoms with Crippen molar-refractivity contribution in [3.63, 3.8) is 0 Å². The van der Waals surface area contributed by atoms with E-state index in [2.05, 4.69) is 23.7 Å². The number of halogens is 1. The quantitative estimate of drug-likeness (QED) is 0.202. The van der Waals surface area contributed by atoms with E-state index >= 15 is 4.39 Å². The lowest BCUT2D eigenvalue weighted by molar-refractivity contribution is 0.219. The summed E-state index contributed by atoms with van der Waals surface area (Å²) in [7, 11) is -3.09. The second kappa shape index (κ2) is 13.7. The number of aryl methyl sites for hydroxylation is 1. The van der Waals surface area contributed by atoms with E-state index in [0.29, 0.717) is 55.3 Å². The first-order valence-corrected chi connectivity index (χ1v) is 15.6. The summed E-state index contributed by atoms with van der Waals surface area (Å²) in [6.07, 6.45) is 11.6. The molecule has 0 aliphatic heterocycles. The summed E-state index contributed by atoms with van der Waals surface area (Å²) in [5, 5.41) is 3.84. The van der Waals surface area contributed by atoms with E-state index in [4.69, 9.17) is 9.05 Å². The lowest BCUT2D eigenvalue weighted by Crippen LogP contribution is -2.23. The van der Waals surface area contributed by atoms with Gasteiger partial charge < -0.3 is 18.9 Å². The highest BCUT2D eigenvalue weighted by atomic mass is 31.2. The number of pyridine rings is 1. The van der Waals surface area contributed by atoms with Crippen LogP contribution in [0.5, 0.6) is 0 Å². The molecule has 0 amide bonds. The fraction of sp³-hybridized carbons (Fsp3) is 0.679. The van der Waals surface area contributed by atoms with Crippen LogP contribution in [0.2, 0.25) is 0 Å². The zero-order valence-electron chi connectivity index (χ0n) is 22.5. The molecule has 0 bridgehead atoms. The molecule has 3 rings (SSSR count). The monoisotopic (exact) mass is 522 g/mol. The van der Waals surface area contributed by atoms with Gasteiger partial charge in [-0.1, -0.05) is 33.1 Å². The second-order valence-corrected chi connectivity index (χ2v) is 12.0. The molecule has 1 aliphatic rings. The Kier molecular flexibility index (Phi) is 11.0. The van der Waals surface area contributed by atoms with Gasteiger partial charge in [0.25, 0.3) is 0 Å². The Labute approximate surface area is 215 Å². The largest absolute Gasteiger partial charge is 0.380 e. The molecule has 1 N–H and O–H groups in total. The van der Waals surface area contributed by atoms with E-state index in [1.165, 1.54) is 25.3 Å². The van der Waals surface area contributed by atoms with Crippen molar-refractivity contribution in [1.82, 2.24) is 4.57 Å². The maximum absolute atomic E-state index is 15.2. The molecular formula is C28H44FN2O4P. The molecule has 8 heteroatoms. The number of rotatable bonds is 14. The molecule has 1 aliphatic carbocycles. The number of benzene rings is 1. The topological polar surface area (TPSA) is 69.6 Å². The molecule has 0 spiro atoms. The number of hydrogen-bond donors (Lipinski definition) is 1. The second-order valence-electron chi connectivity index (χ2n) is 9.82. The maximum atomic E-state index is 15.2. The van der Waals surface area contributed by atoms with Gasteiger partial charge in [-0.15, -0.1) is 0 Å². The van der Waals surface area contributed by atoms with Crippen molar-refractivity contribution in [3.8, 4) is 0 Å². The Morgan fingerprint density at radius 3 is 2.33 bits per heavy atom. The molecule has 2 aromatic rings. The normalized spacial score (nSPS) is 15.2. The average Bonchev–Trinajstić information content (AvgIpc) is 2.86. The molecule has 1 aromatic heterocycles. The summed E-state index contributed by atoms with van der Waals surface area (Å²) in [5.74, 6) is -0.368. The molecule has 1 fully saturated rings. The van der Waals surface area contributed by atoms with E-state index in [1.54, 1.807) is 13.8 Å². The lowest BCUT2D eigenvalue weighted by atomic mass is 9.95. The summed E-state index contributed by atoms with van der Waals surface area (Å²) in [4.78, 5) is 13.4. The fourth-order valence-corrected chi connectivity index (χ4v) is 7.08. The third kappa shape index (κ3) is 7.20. The minimum Gasteiger partial charge on any atom is -0.380 e. The molecule has 0 unspecified atom stereocenters. The van der Waals surface area contributed by atoms with Crippen LogP contribution in [0.15, 0.2) is 23.1 Å². The standard InChI is InChI=1S/C28H44FN2O4P/c1-5-23(6-2)31-20-21(14-12-13-17-36(33,34-7-3)35-8-4)28(32)24-18-25(29)26(19-27(24)31)30-22-15-10-9-11-16-22/h18-20,22-23,30H,5-17H2,1-4H3. The summed E-state index contributed by atoms with van der Waals surface area (Å²) < 4.78 is 40.9. The van der Waals surface area contributed by atoms with Crippen LogP contribution >= 0.6 is 7.60 Å². The minimum atomic E-state index is -3.09. The molecular weight excluding hydrogens is 478 g/mol. The number of fused-ring (bicyclic) bond motifs is 1. The van der Waals surface area contributed by atoms with Crippen molar-refractivity contribution in [3.05, 3.63) is 39.9 Å². The Morgan fingerprint density at radius 2 is 1.72 bits per heavy atom. The van der Waals surface area contributed by atoms with Gasteiger partial charge in [-0.05, 0) is 70.9 Å². The van der Waals surface area contributed by atoms with Crippen molar-refractivity contribution >= 4 is 24.2 Å². The van der Waals surface area contributed by atoms with Crippen LogP contribution in [0.1, 0.15) is 97.1 Å². The van der Waals surface area contributed by atoms with Crippen LogP contribution in [0, 0.1) is 5.82 Å². The van der Waals surface area contributed by atoms with Crippen molar-refractivity contribution in [2.75, 3.05) is 24.7 Å². The predicted molar refractivity (Wildman–Crippen MR) is 147 cm³/mol. The Morgan fingerprint density at radius 1 is 1.06 bits per heavy atom. The summed E-state index contributed by atoms with van der Waals surface area (Å²) in [6, 6.07) is 3.76. The zero-order chi connectivity index (χ0) is 26.1. The molecule has 1 heterocycles. The van der Waals surface area contributed by atoms with Crippen LogP contribution in [-0.2, 0) is 20.0 Å². The molecule has 36 heavy (non-hydrogen) atoms. The van der Waals surface area contributed by atoms with Crippen molar-refractivity contribution < 1.29 is 18.0 Å². The van der Waals surface area contributed by atoms with Crippen LogP contribution in [0.3, 0.4) is 0 Å². The SMILES string of the molecule is CCOP(=O)(CCCCc1cn(C(CC)CC)c2cc(NC3CCCCC3)c(F)cc2c1=O)OCC. The molecule has 0 saturated heterocycles. The van der Waals surface area contributed by atoms with E-state index in [0.717, 1.165) is 31.2 Å². The minimum absolute atomic E-state index is 0.117. The summed E-state index contributed by atoms with van der Waals surface area (Å²) >= 11 is 0. The van der Waals surface area contributed by atoms with Crippen LogP contribution in [-0.4, -0.2) is 30.0 Å². The molecule has 1 aromatic carbocycles. The first-order chi connectivity index (χ1) is 17.4. The fourth-order valence-electron chi connectivity index (χ4n) is 5.35. The number of anilines is 1. The summed E-state index contributed by atoms with van der Waals surface area (Å²) in [6.45, 7) is 8.56. The lowest BCUT2D eigenvalue weighted by Gasteiger charge is -2.26. The maximum Gasteiger partial charge on any atom is 0.330 e. The Bertz CT molecular complexity index is 1080. The number of nitrogens with one attached hydrogen (secondary N) is 1. The van der Waals surface area contributed by atoms with E-state index in [-0.39, 0.29) is 23.3 Å². The van der Waals surface area contributed by atoms with Gasteiger partial charge in [-0.2, -0.15) is 0 Å². The summed E-state index contributed by atoms with van der Waals surface area (Å²) in [5.41, 5.74) is 1.83. The smallest absolute Gasteiger partial charge is 0.330 e. The van der Waals surface area contributed by atoms with Crippen LogP contribution in [0.4, 0.5) is 10.1 Å². The zero-order valence-corrected chi connectivity index (χ0v) is 23.4. The first-order valence-electron chi connectivity index (χ1n) is 13.9. The van der Waals surface area contributed by atoms with Crippen molar-refractivity contribution in [2.45, 2.75) is 104 Å². The van der Waals surface area contributed by atoms with E-state index in [1.807, 2.05) is 12.3 Å². The highest BCUT2D eigenvalue weighted by molar-refractivity contribution is 7.53. The first kappa shape index (κ1) is 28.9. The van der Waals surface area contributed by atoms with Crippen molar-refractivity contribution in [1.29, 1.82) is 0 Å². The highest BCUT2D eigenvalue weighted by Gasteiger charge is 2.23. The Balaban J connectivity index is 1.88. The molecule has 0 atom stereocenters. The molecule has 0 radical (unpaired) electrons. The molecule has 6 nitrogen and oxygen atoms in total. The number of hydrogen-bond acceptors (Lipinski definition) is 5. The average molecular weight is 523 g/mol. The number of unbranched alkanes of at least 4 members (excludes halogenated alkanes) is 1. The number of nitrogens with zero attached hydrogens (tertiary/aromatic N) is 1. The van der Waals surface area contributed by atoms with Crippen LogP contribution in [0.25, 0.3) is 10.9 Å². The van der Waals surface area contributed by atoms with Gasteiger partial charge in [0, 0.05) is 29.2 Å². The van der Waals surface area contributed by atoms with Gasteiger partial charge in [0.05, 0.1) is 30.6 Å². The van der Waals surface area contributed by atoms with Crippen LogP contribution < -0.4 is 10.7 Å². The Hall–Kier alpha value is -1.69. The third-order valence-corrected chi connectivity index (χ3v) is 9.44. The predicted octanol–water partition coefficient (Wildman–Crippen LogP) is 7.84. The highest BCUT2D eigenvalue weighted by Crippen LogP contribution is 2.48. The molecule has 202 valence electrons. The van der Waals surface area contributed by atoms with Gasteiger partial charge in [-0.25, -0.2) is 4.39 Å².